The number of nitrogens with two attached hydrogens (primary N) is 1. The van der Waals surface area contributed by atoms with E-state index in [-0.39, 0.29) is 24.5 Å². The van der Waals surface area contributed by atoms with E-state index in [4.69, 9.17) is 15.5 Å². The van der Waals surface area contributed by atoms with Crippen LogP contribution in [0.5, 0.6) is 0 Å². The number of fused-ring (bicyclic) bond motifs is 1. The fourth-order valence-corrected chi connectivity index (χ4v) is 4.44. The Morgan fingerprint density at radius 3 is 3.09 bits per heavy atom. The SMILES string of the molecule is CC1C#CC=CC1OC1=CCC=C(c2nc(N3CCCC(CO)C3)cc3[nH]nc(N)c23)C#C1. The summed E-state index contributed by atoms with van der Waals surface area (Å²) < 4.78 is 6.12. The number of rotatable bonds is 5. The number of aromatic nitrogens is 3. The highest BCUT2D eigenvalue weighted by molar-refractivity contribution is 6.01. The second-order valence-electron chi connectivity index (χ2n) is 8.69. The van der Waals surface area contributed by atoms with Crippen molar-refractivity contribution < 1.29 is 9.84 Å². The first kappa shape index (κ1) is 21.2. The van der Waals surface area contributed by atoms with Crippen LogP contribution in [0.2, 0.25) is 0 Å². The van der Waals surface area contributed by atoms with Crippen molar-refractivity contribution in [2.75, 3.05) is 30.3 Å². The van der Waals surface area contributed by atoms with Crippen LogP contribution >= 0.6 is 0 Å². The number of H-pyrrole nitrogens is 1. The number of allylic oxidation sites excluding steroid dienone is 5. The molecule has 4 N–H and O–H groups in total. The number of nitrogens with zero attached hydrogens (tertiary/aromatic N) is 3. The van der Waals surface area contributed by atoms with E-state index in [0.717, 1.165) is 53.9 Å². The van der Waals surface area contributed by atoms with Crippen molar-refractivity contribution in [3.8, 4) is 23.7 Å². The summed E-state index contributed by atoms with van der Waals surface area (Å²) in [6.07, 6.45) is 10.4. The molecule has 1 fully saturated rings. The van der Waals surface area contributed by atoms with E-state index >= 15 is 0 Å². The van der Waals surface area contributed by atoms with Gasteiger partial charge in [0.1, 0.15) is 11.9 Å². The summed E-state index contributed by atoms with van der Waals surface area (Å²) in [7, 11) is 0. The van der Waals surface area contributed by atoms with Crippen LogP contribution in [0.15, 0.2) is 36.1 Å². The quantitative estimate of drug-likeness (QED) is 0.617. The molecule has 0 amide bonds. The molecule has 7 heteroatoms. The molecule has 0 radical (unpaired) electrons. The number of pyridine rings is 1. The molecule has 2 aromatic rings. The number of hydrogen-bond donors (Lipinski definition) is 3. The zero-order valence-corrected chi connectivity index (χ0v) is 18.6. The molecule has 0 saturated carbocycles. The summed E-state index contributed by atoms with van der Waals surface area (Å²) in [6, 6.07) is 1.98. The molecule has 168 valence electrons. The van der Waals surface area contributed by atoms with Crippen molar-refractivity contribution in [1.82, 2.24) is 15.2 Å². The fraction of sp³-hybridized carbons (Fsp3) is 0.385. The minimum atomic E-state index is -0.107. The predicted molar refractivity (Wildman–Crippen MR) is 130 cm³/mol. The molecule has 2 aromatic heterocycles. The Morgan fingerprint density at radius 1 is 1.33 bits per heavy atom. The normalized spacial score (nSPS) is 24.2. The molecule has 3 heterocycles. The van der Waals surface area contributed by atoms with Gasteiger partial charge in [-0.2, -0.15) is 5.10 Å². The number of anilines is 2. The van der Waals surface area contributed by atoms with Gasteiger partial charge in [-0.25, -0.2) is 4.98 Å². The van der Waals surface area contributed by atoms with Crippen molar-refractivity contribution >= 4 is 28.1 Å². The van der Waals surface area contributed by atoms with Gasteiger partial charge in [-0.15, -0.1) is 0 Å². The number of nitrogens with one attached hydrogen (secondary N) is 1. The van der Waals surface area contributed by atoms with Crippen LogP contribution in [0.1, 0.15) is 31.9 Å². The molecular formula is C26H27N5O2. The standard InChI is InChI=1S/C26H27N5O2/c1-17-6-2-3-10-22(17)33-20-9-4-8-19(11-12-20)25-24-21(29-30-26(24)27)14-23(28-25)31-13-5-7-18(15-31)16-32/h3,8-10,14,17-18,22,32H,4-5,7,13,15-16H2,1H3,(H3,27,29,30). The van der Waals surface area contributed by atoms with Gasteiger partial charge in [-0.1, -0.05) is 23.8 Å². The van der Waals surface area contributed by atoms with E-state index in [1.807, 2.05) is 37.3 Å². The van der Waals surface area contributed by atoms with Crippen LogP contribution in [0.25, 0.3) is 16.5 Å². The maximum absolute atomic E-state index is 9.64. The minimum Gasteiger partial charge on any atom is -0.477 e. The lowest BCUT2D eigenvalue weighted by atomic mass is 9.99. The van der Waals surface area contributed by atoms with Crippen LogP contribution in [0, 0.1) is 35.5 Å². The lowest BCUT2D eigenvalue weighted by molar-refractivity contribution is 0.139. The monoisotopic (exact) mass is 441 g/mol. The van der Waals surface area contributed by atoms with Crippen molar-refractivity contribution in [3.63, 3.8) is 0 Å². The Bertz CT molecular complexity index is 1280. The van der Waals surface area contributed by atoms with E-state index in [1.54, 1.807) is 0 Å². The van der Waals surface area contributed by atoms with Crippen molar-refractivity contribution in [2.24, 2.45) is 11.8 Å². The largest absolute Gasteiger partial charge is 0.477 e. The zero-order valence-electron chi connectivity index (χ0n) is 18.6. The van der Waals surface area contributed by atoms with Crippen LogP contribution in [0.3, 0.4) is 0 Å². The third kappa shape index (κ3) is 4.33. The number of piperidine rings is 1. The first-order valence-electron chi connectivity index (χ1n) is 11.4. The van der Waals surface area contributed by atoms with Crippen molar-refractivity contribution in [3.05, 3.63) is 41.8 Å². The van der Waals surface area contributed by atoms with Crippen LogP contribution in [-0.4, -0.2) is 46.1 Å². The molecule has 3 atom stereocenters. The lowest BCUT2D eigenvalue weighted by Gasteiger charge is -2.33. The molecule has 0 spiro atoms. The number of nitrogen functional groups attached to an aromatic ring is 1. The van der Waals surface area contributed by atoms with E-state index in [0.29, 0.717) is 18.0 Å². The molecule has 7 nitrogen and oxygen atoms in total. The van der Waals surface area contributed by atoms with Gasteiger partial charge in [0.25, 0.3) is 0 Å². The molecule has 0 aromatic carbocycles. The average molecular weight is 442 g/mol. The van der Waals surface area contributed by atoms with Gasteiger partial charge in [0.15, 0.2) is 11.6 Å². The smallest absolute Gasteiger partial charge is 0.167 e. The van der Waals surface area contributed by atoms with Crippen molar-refractivity contribution in [1.29, 1.82) is 0 Å². The van der Waals surface area contributed by atoms with Gasteiger partial charge in [-0.05, 0) is 56.3 Å². The van der Waals surface area contributed by atoms with Gasteiger partial charge in [0.05, 0.1) is 22.5 Å². The topological polar surface area (TPSA) is 100 Å². The van der Waals surface area contributed by atoms with Gasteiger partial charge >= 0.3 is 0 Å². The number of ether oxygens (including phenoxy) is 1. The van der Waals surface area contributed by atoms with E-state index < -0.39 is 0 Å². The Labute approximate surface area is 193 Å². The maximum Gasteiger partial charge on any atom is 0.167 e. The molecule has 0 bridgehead atoms. The van der Waals surface area contributed by atoms with Gasteiger partial charge in [0.2, 0.25) is 0 Å². The maximum atomic E-state index is 9.64. The van der Waals surface area contributed by atoms with E-state index in [1.165, 1.54) is 0 Å². The summed E-state index contributed by atoms with van der Waals surface area (Å²) in [6.45, 7) is 3.91. The fourth-order valence-electron chi connectivity index (χ4n) is 4.44. The number of aliphatic hydroxyl groups is 1. The Balaban J connectivity index is 1.46. The Hall–Kier alpha value is -3.68. The molecule has 1 saturated heterocycles. The van der Waals surface area contributed by atoms with E-state index in [9.17, 15) is 5.11 Å². The molecule has 2 aliphatic carbocycles. The van der Waals surface area contributed by atoms with Gasteiger partial charge in [0, 0.05) is 31.3 Å². The second kappa shape index (κ2) is 9.05. The van der Waals surface area contributed by atoms with E-state index in [2.05, 4.69) is 38.8 Å². The first-order valence-corrected chi connectivity index (χ1v) is 11.4. The van der Waals surface area contributed by atoms with Gasteiger partial charge < -0.3 is 20.5 Å². The highest BCUT2D eigenvalue weighted by Crippen LogP contribution is 2.32. The highest BCUT2D eigenvalue weighted by atomic mass is 16.5. The Kier molecular flexibility index (Phi) is 5.81. The summed E-state index contributed by atoms with van der Waals surface area (Å²) in [5.41, 5.74) is 8.55. The summed E-state index contributed by atoms with van der Waals surface area (Å²) in [4.78, 5) is 7.21. The first-order chi connectivity index (χ1) is 16.1. The third-order valence-electron chi connectivity index (χ3n) is 6.30. The predicted octanol–water partition coefficient (Wildman–Crippen LogP) is 3.02. The summed E-state index contributed by atoms with van der Waals surface area (Å²) in [5, 5.41) is 17.7. The number of aliphatic hydroxyl groups excluding tert-OH is 1. The minimum absolute atomic E-state index is 0.107. The molecule has 33 heavy (non-hydrogen) atoms. The molecule has 5 rings (SSSR count). The number of aromatic amines is 1. The van der Waals surface area contributed by atoms with Crippen LogP contribution < -0.4 is 10.6 Å². The van der Waals surface area contributed by atoms with Crippen LogP contribution in [0.4, 0.5) is 11.6 Å². The Morgan fingerprint density at radius 2 is 2.24 bits per heavy atom. The zero-order chi connectivity index (χ0) is 22.8. The molecule has 3 unspecified atom stereocenters. The third-order valence-corrected chi connectivity index (χ3v) is 6.30. The second-order valence-corrected chi connectivity index (χ2v) is 8.69. The van der Waals surface area contributed by atoms with Crippen LogP contribution in [-0.2, 0) is 4.74 Å². The van der Waals surface area contributed by atoms with Gasteiger partial charge in [-0.3, -0.25) is 5.10 Å². The number of hydrogen-bond acceptors (Lipinski definition) is 6. The molecule has 3 aliphatic rings. The highest BCUT2D eigenvalue weighted by Gasteiger charge is 2.23. The molecular weight excluding hydrogens is 414 g/mol. The van der Waals surface area contributed by atoms with Crippen molar-refractivity contribution in [2.45, 2.75) is 32.3 Å². The average Bonchev–Trinajstić information content (AvgIpc) is 3.06. The molecule has 1 aliphatic heterocycles. The summed E-state index contributed by atoms with van der Waals surface area (Å²) >= 11 is 0. The summed E-state index contributed by atoms with van der Waals surface area (Å²) in [5.74, 6) is 14.8. The lowest BCUT2D eigenvalue weighted by Crippen LogP contribution is -2.37.